The van der Waals surface area contributed by atoms with Crippen molar-refractivity contribution in [3.63, 3.8) is 0 Å². The summed E-state index contributed by atoms with van der Waals surface area (Å²) in [5.74, 6) is -0.851. The van der Waals surface area contributed by atoms with E-state index in [0.717, 1.165) is 11.6 Å². The molecule has 0 bridgehead atoms. The molecule has 0 fully saturated rings. The average Bonchev–Trinajstić information content (AvgIpc) is 2.26. The van der Waals surface area contributed by atoms with Crippen molar-refractivity contribution in [3.8, 4) is 5.75 Å². The van der Waals surface area contributed by atoms with E-state index in [0.29, 0.717) is 0 Å². The molecule has 0 saturated carbocycles. The molecule has 0 radical (unpaired) electrons. The number of ether oxygens (including phenoxy) is 2. The van der Waals surface area contributed by atoms with Gasteiger partial charge in [0.1, 0.15) is 23.7 Å². The first-order valence-electron chi connectivity index (χ1n) is 4.69. The van der Waals surface area contributed by atoms with Crippen molar-refractivity contribution in [2.45, 2.75) is 6.92 Å². The van der Waals surface area contributed by atoms with Crippen LogP contribution < -0.4 is 4.74 Å². The molecule has 0 heterocycles. The smallest absolute Gasteiger partial charge is 0.341 e. The van der Waals surface area contributed by atoms with Gasteiger partial charge in [-0.2, -0.15) is 0 Å². The fourth-order valence-electron chi connectivity index (χ4n) is 1.10. The molecule has 1 aromatic carbocycles. The lowest BCUT2D eigenvalue weighted by atomic mass is 10.2. The Hall–Kier alpha value is -1.84. The Labute approximate surface area is 93.5 Å². The topological polar surface area (TPSA) is 35.5 Å². The van der Waals surface area contributed by atoms with E-state index >= 15 is 0 Å². The van der Waals surface area contributed by atoms with Gasteiger partial charge in [0.05, 0.1) is 7.11 Å². The molecule has 4 heteroatoms. The van der Waals surface area contributed by atoms with Crippen molar-refractivity contribution in [2.75, 3.05) is 13.7 Å². The maximum atomic E-state index is 13.0. The van der Waals surface area contributed by atoms with Crippen molar-refractivity contribution in [2.24, 2.45) is 0 Å². The molecular formula is C12H13FO3. The minimum Gasteiger partial charge on any atom is -0.488 e. The predicted octanol–water partition coefficient (Wildman–Crippen LogP) is 2.57. The van der Waals surface area contributed by atoms with Gasteiger partial charge in [-0.25, -0.2) is 9.18 Å². The molecule has 1 rings (SSSR count). The maximum Gasteiger partial charge on any atom is 0.341 e. The Balaban J connectivity index is 2.98. The Morgan fingerprint density at radius 1 is 1.50 bits per heavy atom. The van der Waals surface area contributed by atoms with Crippen molar-refractivity contribution in [1.82, 2.24) is 0 Å². The second kappa shape index (κ2) is 5.30. The molecule has 0 spiro atoms. The molecular weight excluding hydrogens is 211 g/mol. The first-order valence-corrected chi connectivity index (χ1v) is 4.69. The van der Waals surface area contributed by atoms with Crippen LogP contribution in [0.5, 0.6) is 5.75 Å². The van der Waals surface area contributed by atoms with Crippen LogP contribution >= 0.6 is 0 Å². The van der Waals surface area contributed by atoms with Gasteiger partial charge >= 0.3 is 5.97 Å². The summed E-state index contributed by atoms with van der Waals surface area (Å²) in [4.78, 5) is 11.3. The van der Waals surface area contributed by atoms with Gasteiger partial charge in [-0.05, 0) is 30.7 Å². The summed E-state index contributed by atoms with van der Waals surface area (Å²) in [7, 11) is 1.23. The molecule has 0 aliphatic rings. The van der Waals surface area contributed by atoms with Crippen LogP contribution in [-0.2, 0) is 4.74 Å². The van der Waals surface area contributed by atoms with Gasteiger partial charge in [-0.15, -0.1) is 0 Å². The quantitative estimate of drug-likeness (QED) is 0.582. The Kier molecular flexibility index (Phi) is 4.05. The fraction of sp³-hybridized carbons (Fsp3) is 0.250. The monoisotopic (exact) mass is 224 g/mol. The lowest BCUT2D eigenvalue weighted by molar-refractivity contribution is 0.0596. The lowest BCUT2D eigenvalue weighted by Crippen LogP contribution is -2.07. The predicted molar refractivity (Wildman–Crippen MR) is 58.0 cm³/mol. The molecule has 0 amide bonds. The van der Waals surface area contributed by atoms with E-state index in [4.69, 9.17) is 4.74 Å². The fourth-order valence-corrected chi connectivity index (χ4v) is 1.10. The number of carbonyl (C=O) groups is 1. The van der Waals surface area contributed by atoms with E-state index in [1.54, 1.807) is 6.92 Å². The minimum absolute atomic E-state index is 0.0729. The highest BCUT2D eigenvalue weighted by atomic mass is 19.1. The molecule has 0 saturated heterocycles. The zero-order chi connectivity index (χ0) is 12.1. The number of halogens is 1. The summed E-state index contributed by atoms with van der Waals surface area (Å²) in [6.45, 7) is 5.73. The van der Waals surface area contributed by atoms with Crippen LogP contribution in [0, 0.1) is 5.82 Å². The summed E-state index contributed by atoms with van der Waals surface area (Å²) in [6.07, 6.45) is 0. The highest BCUT2D eigenvalue weighted by Crippen LogP contribution is 2.21. The van der Waals surface area contributed by atoms with Crippen LogP contribution in [0.4, 0.5) is 4.39 Å². The molecule has 0 atom stereocenters. The van der Waals surface area contributed by atoms with E-state index in [1.807, 2.05) is 0 Å². The van der Waals surface area contributed by atoms with Gasteiger partial charge in [0.2, 0.25) is 0 Å². The van der Waals surface area contributed by atoms with Crippen molar-refractivity contribution in [1.29, 1.82) is 0 Å². The van der Waals surface area contributed by atoms with Gasteiger partial charge in [0, 0.05) is 0 Å². The normalized spacial score (nSPS) is 9.69. The number of methoxy groups -OCH3 is 1. The molecule has 86 valence electrons. The van der Waals surface area contributed by atoms with E-state index in [9.17, 15) is 9.18 Å². The van der Waals surface area contributed by atoms with E-state index in [2.05, 4.69) is 11.3 Å². The van der Waals surface area contributed by atoms with Gasteiger partial charge in [0.25, 0.3) is 0 Å². The van der Waals surface area contributed by atoms with E-state index in [1.165, 1.54) is 19.2 Å². The third kappa shape index (κ3) is 3.08. The highest BCUT2D eigenvalue weighted by molar-refractivity contribution is 5.92. The van der Waals surface area contributed by atoms with E-state index < -0.39 is 11.8 Å². The highest BCUT2D eigenvalue weighted by Gasteiger charge is 2.14. The zero-order valence-electron chi connectivity index (χ0n) is 9.25. The van der Waals surface area contributed by atoms with Gasteiger partial charge in [-0.1, -0.05) is 6.58 Å². The first-order chi connectivity index (χ1) is 7.54. The number of benzene rings is 1. The standard InChI is InChI=1S/C12H13FO3/c1-8(2)7-16-11-5-4-9(13)6-10(11)12(14)15-3/h4-6H,1,7H2,2-3H3. The SMILES string of the molecule is C=C(C)COc1ccc(F)cc1C(=O)OC. The largest absolute Gasteiger partial charge is 0.488 e. The third-order valence-corrected chi connectivity index (χ3v) is 1.82. The lowest BCUT2D eigenvalue weighted by Gasteiger charge is -2.09. The first kappa shape index (κ1) is 12.2. The van der Waals surface area contributed by atoms with Crippen LogP contribution in [0.25, 0.3) is 0 Å². The van der Waals surface area contributed by atoms with Crippen LogP contribution in [0.3, 0.4) is 0 Å². The Bertz CT molecular complexity index is 413. The minimum atomic E-state index is -0.629. The van der Waals surface area contributed by atoms with Crippen LogP contribution in [0.15, 0.2) is 30.4 Å². The Morgan fingerprint density at radius 2 is 2.19 bits per heavy atom. The molecule has 16 heavy (non-hydrogen) atoms. The molecule has 1 aromatic rings. The second-order valence-corrected chi connectivity index (χ2v) is 3.38. The zero-order valence-corrected chi connectivity index (χ0v) is 9.25. The maximum absolute atomic E-state index is 13.0. The molecule has 0 unspecified atom stereocenters. The van der Waals surface area contributed by atoms with Crippen molar-refractivity contribution < 1.29 is 18.7 Å². The van der Waals surface area contributed by atoms with E-state index in [-0.39, 0.29) is 17.9 Å². The van der Waals surface area contributed by atoms with Crippen molar-refractivity contribution in [3.05, 3.63) is 41.7 Å². The summed E-state index contributed by atoms with van der Waals surface area (Å²) in [5, 5.41) is 0. The van der Waals surface area contributed by atoms with Crippen LogP contribution in [-0.4, -0.2) is 19.7 Å². The molecule has 0 N–H and O–H groups in total. The summed E-state index contributed by atoms with van der Waals surface area (Å²) in [6, 6.07) is 3.70. The summed E-state index contributed by atoms with van der Waals surface area (Å²) in [5.41, 5.74) is 0.879. The Morgan fingerprint density at radius 3 is 2.75 bits per heavy atom. The molecule has 0 aliphatic heterocycles. The number of hydrogen-bond acceptors (Lipinski definition) is 3. The average molecular weight is 224 g/mol. The number of hydrogen-bond donors (Lipinski definition) is 0. The second-order valence-electron chi connectivity index (χ2n) is 3.38. The third-order valence-electron chi connectivity index (χ3n) is 1.82. The van der Waals surface area contributed by atoms with Crippen LogP contribution in [0.1, 0.15) is 17.3 Å². The summed E-state index contributed by atoms with van der Waals surface area (Å²) >= 11 is 0. The van der Waals surface area contributed by atoms with Crippen LogP contribution in [0.2, 0.25) is 0 Å². The molecule has 0 aromatic heterocycles. The van der Waals surface area contributed by atoms with Gasteiger partial charge in [-0.3, -0.25) is 0 Å². The van der Waals surface area contributed by atoms with Gasteiger partial charge in [0.15, 0.2) is 0 Å². The summed E-state index contributed by atoms with van der Waals surface area (Å²) < 4.78 is 22.8. The molecule has 3 nitrogen and oxygen atoms in total. The van der Waals surface area contributed by atoms with Crippen molar-refractivity contribution >= 4 is 5.97 Å². The molecule has 0 aliphatic carbocycles. The van der Waals surface area contributed by atoms with Gasteiger partial charge < -0.3 is 9.47 Å². The number of esters is 1. The number of rotatable bonds is 4. The number of carbonyl (C=O) groups excluding carboxylic acids is 1.